The second-order valence-electron chi connectivity index (χ2n) is 7.32. The summed E-state index contributed by atoms with van der Waals surface area (Å²) in [5.74, 6) is 2.25. The predicted molar refractivity (Wildman–Crippen MR) is 97.8 cm³/mol. The van der Waals surface area contributed by atoms with Crippen LogP contribution in [0.1, 0.15) is 25.2 Å². The Kier molecular flexibility index (Phi) is 4.54. The van der Waals surface area contributed by atoms with Gasteiger partial charge in [0.15, 0.2) is 0 Å². The number of benzene rings is 1. The van der Waals surface area contributed by atoms with Crippen LogP contribution in [0, 0.1) is 12.8 Å². The van der Waals surface area contributed by atoms with Crippen molar-refractivity contribution >= 4 is 0 Å². The van der Waals surface area contributed by atoms with E-state index in [1.54, 1.807) is 6.92 Å². The maximum atomic E-state index is 10.9. The van der Waals surface area contributed by atoms with E-state index in [9.17, 15) is 5.11 Å². The maximum absolute atomic E-state index is 10.9. The van der Waals surface area contributed by atoms with E-state index in [1.807, 2.05) is 30.3 Å². The Morgan fingerprint density at radius 1 is 1.35 bits per heavy atom. The predicted octanol–water partition coefficient (Wildman–Crippen LogP) is 2.83. The molecular weight excluding hydrogens is 330 g/mol. The molecule has 1 aromatic carbocycles. The number of fused-ring (bicyclic) bond motifs is 3. The van der Waals surface area contributed by atoms with Crippen molar-refractivity contribution in [1.82, 2.24) is 15.0 Å². The standard InChI is InChI=1S/C20H25N3O3/c1-3-10-20(18(24)15-8-11-23(20)12-9-15)13-25-17-6-4-16(5-7-17)19-21-14(2)26-22-19/h3-7,15,18,24H,1,8-13H2,2H3. The number of ether oxygens (including phenoxy) is 1. The van der Waals surface area contributed by atoms with Gasteiger partial charge in [-0.1, -0.05) is 11.2 Å². The molecule has 6 nitrogen and oxygen atoms in total. The van der Waals surface area contributed by atoms with E-state index < -0.39 is 0 Å². The number of nitrogens with zero attached hydrogens (tertiary/aromatic N) is 3. The lowest BCUT2D eigenvalue weighted by Crippen LogP contribution is -2.69. The van der Waals surface area contributed by atoms with Crippen LogP contribution in [0.2, 0.25) is 0 Å². The van der Waals surface area contributed by atoms with Crippen molar-refractivity contribution in [3.05, 3.63) is 42.8 Å². The van der Waals surface area contributed by atoms with Gasteiger partial charge in [-0.15, -0.1) is 6.58 Å². The van der Waals surface area contributed by atoms with Crippen LogP contribution in [0.4, 0.5) is 0 Å². The van der Waals surface area contributed by atoms with Gasteiger partial charge in [0.25, 0.3) is 0 Å². The summed E-state index contributed by atoms with van der Waals surface area (Å²) < 4.78 is 11.1. The highest BCUT2D eigenvalue weighted by molar-refractivity contribution is 5.55. The molecule has 2 atom stereocenters. The molecule has 6 heteroatoms. The molecule has 2 bridgehead atoms. The first-order chi connectivity index (χ1) is 12.6. The number of hydrogen-bond donors (Lipinski definition) is 1. The van der Waals surface area contributed by atoms with E-state index >= 15 is 0 Å². The normalized spacial score (nSPS) is 30.3. The van der Waals surface area contributed by atoms with Gasteiger partial charge in [0.2, 0.25) is 11.7 Å². The van der Waals surface area contributed by atoms with E-state index in [0.29, 0.717) is 24.2 Å². The summed E-state index contributed by atoms with van der Waals surface area (Å²) in [4.78, 5) is 6.62. The van der Waals surface area contributed by atoms with E-state index in [0.717, 1.165) is 43.7 Å². The lowest BCUT2D eigenvalue weighted by atomic mass is 9.70. The number of hydrogen-bond acceptors (Lipinski definition) is 6. The maximum Gasteiger partial charge on any atom is 0.223 e. The van der Waals surface area contributed by atoms with Crippen molar-refractivity contribution in [1.29, 1.82) is 0 Å². The van der Waals surface area contributed by atoms with Gasteiger partial charge in [-0.05, 0) is 62.5 Å². The molecule has 0 spiro atoms. The van der Waals surface area contributed by atoms with Gasteiger partial charge in [-0.2, -0.15) is 4.98 Å². The van der Waals surface area contributed by atoms with Gasteiger partial charge in [0.05, 0.1) is 11.6 Å². The van der Waals surface area contributed by atoms with Gasteiger partial charge in [0, 0.05) is 12.5 Å². The summed E-state index contributed by atoms with van der Waals surface area (Å²) in [5.41, 5.74) is 0.516. The molecule has 2 aromatic rings. The van der Waals surface area contributed by atoms with Crippen molar-refractivity contribution in [3.8, 4) is 17.1 Å². The summed E-state index contributed by atoms with van der Waals surface area (Å²) in [6, 6.07) is 7.66. The number of aliphatic hydroxyl groups excluding tert-OH is 1. The molecule has 3 fully saturated rings. The van der Waals surface area contributed by atoms with Gasteiger partial charge < -0.3 is 14.4 Å². The van der Waals surface area contributed by atoms with Crippen LogP contribution in [-0.2, 0) is 0 Å². The highest BCUT2D eigenvalue weighted by Crippen LogP contribution is 2.42. The Labute approximate surface area is 153 Å². The SMILES string of the molecule is C=CCC1(COc2ccc(-c3noc(C)n3)cc2)C(O)C2CCN1CC2. The van der Waals surface area contributed by atoms with Gasteiger partial charge in [-0.3, -0.25) is 4.90 Å². The molecule has 0 radical (unpaired) electrons. The molecule has 1 aromatic heterocycles. The highest BCUT2D eigenvalue weighted by Gasteiger charge is 2.52. The Bertz CT molecular complexity index is 761. The van der Waals surface area contributed by atoms with Crippen molar-refractivity contribution in [3.63, 3.8) is 0 Å². The Morgan fingerprint density at radius 2 is 2.08 bits per heavy atom. The van der Waals surface area contributed by atoms with Crippen LogP contribution >= 0.6 is 0 Å². The molecule has 3 aliphatic heterocycles. The van der Waals surface area contributed by atoms with Gasteiger partial charge >= 0.3 is 0 Å². The third kappa shape index (κ3) is 2.93. The fourth-order valence-electron chi connectivity index (χ4n) is 4.35. The van der Waals surface area contributed by atoms with Crippen LogP contribution in [0.25, 0.3) is 11.4 Å². The minimum absolute atomic E-state index is 0.368. The van der Waals surface area contributed by atoms with Gasteiger partial charge in [-0.25, -0.2) is 0 Å². The highest BCUT2D eigenvalue weighted by atomic mass is 16.5. The lowest BCUT2D eigenvalue weighted by Gasteiger charge is -2.57. The molecule has 1 N–H and O–H groups in total. The van der Waals surface area contributed by atoms with Crippen molar-refractivity contribution in [2.75, 3.05) is 19.7 Å². The Hall–Kier alpha value is -2.18. The molecule has 3 saturated heterocycles. The third-order valence-corrected chi connectivity index (χ3v) is 5.79. The van der Waals surface area contributed by atoms with E-state index in [-0.39, 0.29) is 11.6 Å². The molecule has 3 aliphatic rings. The second-order valence-corrected chi connectivity index (χ2v) is 7.32. The topological polar surface area (TPSA) is 71.6 Å². The molecule has 0 aliphatic carbocycles. The quantitative estimate of drug-likeness (QED) is 0.804. The van der Waals surface area contributed by atoms with Crippen LogP contribution < -0.4 is 4.74 Å². The molecule has 2 unspecified atom stereocenters. The molecule has 4 heterocycles. The third-order valence-electron chi connectivity index (χ3n) is 5.79. The smallest absolute Gasteiger partial charge is 0.223 e. The molecule has 138 valence electrons. The number of aryl methyl sites for hydroxylation is 1. The van der Waals surface area contributed by atoms with E-state index in [4.69, 9.17) is 9.26 Å². The summed E-state index contributed by atoms with van der Waals surface area (Å²) in [7, 11) is 0. The molecule has 26 heavy (non-hydrogen) atoms. The fourth-order valence-corrected chi connectivity index (χ4v) is 4.35. The largest absolute Gasteiger partial charge is 0.492 e. The average molecular weight is 355 g/mol. The van der Waals surface area contributed by atoms with Crippen molar-refractivity contribution < 1.29 is 14.4 Å². The molecular formula is C20H25N3O3. The number of aliphatic hydroxyl groups is 1. The molecule has 0 saturated carbocycles. The number of rotatable bonds is 6. The zero-order valence-corrected chi connectivity index (χ0v) is 15.1. The van der Waals surface area contributed by atoms with Crippen LogP contribution in [0.3, 0.4) is 0 Å². The summed E-state index contributed by atoms with van der Waals surface area (Å²) in [6.07, 6.45) is 4.39. The first kappa shape index (κ1) is 17.2. The van der Waals surface area contributed by atoms with E-state index in [2.05, 4.69) is 21.6 Å². The summed E-state index contributed by atoms with van der Waals surface area (Å²) >= 11 is 0. The first-order valence-corrected chi connectivity index (χ1v) is 9.20. The molecule has 5 rings (SSSR count). The first-order valence-electron chi connectivity index (χ1n) is 9.20. The van der Waals surface area contributed by atoms with Crippen LogP contribution in [-0.4, -0.2) is 51.5 Å². The number of piperidine rings is 3. The summed E-state index contributed by atoms with van der Waals surface area (Å²) in [5, 5.41) is 14.8. The van der Waals surface area contributed by atoms with Crippen molar-refractivity contribution in [2.45, 2.75) is 37.8 Å². The second kappa shape index (κ2) is 6.85. The fraction of sp³-hybridized carbons (Fsp3) is 0.500. The Morgan fingerprint density at radius 3 is 2.65 bits per heavy atom. The number of aromatic nitrogens is 2. The average Bonchev–Trinajstić information content (AvgIpc) is 3.11. The Balaban J connectivity index is 1.49. The minimum Gasteiger partial charge on any atom is -0.492 e. The van der Waals surface area contributed by atoms with Crippen molar-refractivity contribution in [2.24, 2.45) is 5.92 Å². The van der Waals surface area contributed by atoms with E-state index in [1.165, 1.54) is 0 Å². The van der Waals surface area contributed by atoms with Crippen LogP contribution in [0.5, 0.6) is 5.75 Å². The monoisotopic (exact) mass is 355 g/mol. The zero-order chi connectivity index (χ0) is 18.1. The zero-order valence-electron chi connectivity index (χ0n) is 15.1. The molecule has 0 amide bonds. The minimum atomic E-state index is -0.371. The van der Waals surface area contributed by atoms with Gasteiger partial charge in [0.1, 0.15) is 12.4 Å². The lowest BCUT2D eigenvalue weighted by molar-refractivity contribution is -0.147. The summed E-state index contributed by atoms with van der Waals surface area (Å²) in [6.45, 7) is 8.17. The van der Waals surface area contributed by atoms with Crippen LogP contribution in [0.15, 0.2) is 41.4 Å².